The Morgan fingerprint density at radius 1 is 1.42 bits per heavy atom. The van der Waals surface area contributed by atoms with Gasteiger partial charge in [-0.2, -0.15) is 0 Å². The fourth-order valence-electron chi connectivity index (χ4n) is 4.34. The molecule has 0 saturated carbocycles. The Labute approximate surface area is 193 Å². The van der Waals surface area contributed by atoms with E-state index >= 15 is 0 Å². The SMILES string of the molecule is COC(=O)C1=C(CN2CC3CC2CO3)NC(c2nccs2)=NC1c1ccc(Cl)cc1Cl. The monoisotopic (exact) mass is 478 g/mol. The van der Waals surface area contributed by atoms with Crippen molar-refractivity contribution in [3.05, 3.63) is 61.7 Å². The van der Waals surface area contributed by atoms with E-state index in [1.54, 1.807) is 24.4 Å². The zero-order valence-corrected chi connectivity index (χ0v) is 19.0. The number of hydrogen-bond acceptors (Lipinski definition) is 8. The maximum absolute atomic E-state index is 13.0. The first kappa shape index (κ1) is 20.9. The largest absolute Gasteiger partial charge is 0.466 e. The smallest absolute Gasteiger partial charge is 0.338 e. The lowest BCUT2D eigenvalue weighted by Crippen LogP contribution is -2.43. The maximum atomic E-state index is 13.0. The number of rotatable bonds is 5. The number of carbonyl (C=O) groups excluding carboxylic acids is 1. The number of aliphatic imine (C=N–C) groups is 1. The van der Waals surface area contributed by atoms with Crippen LogP contribution in [0.5, 0.6) is 0 Å². The zero-order chi connectivity index (χ0) is 21.5. The first-order valence-corrected chi connectivity index (χ1v) is 11.5. The van der Waals surface area contributed by atoms with Crippen molar-refractivity contribution in [3.63, 3.8) is 0 Å². The predicted octanol–water partition coefficient (Wildman–Crippen LogP) is 3.44. The average molecular weight is 479 g/mol. The number of nitrogens with zero attached hydrogens (tertiary/aromatic N) is 3. The predicted molar refractivity (Wildman–Crippen MR) is 120 cm³/mol. The highest BCUT2D eigenvalue weighted by molar-refractivity contribution is 7.11. The fraction of sp³-hybridized carbons (Fsp3) is 0.381. The summed E-state index contributed by atoms with van der Waals surface area (Å²) in [6.45, 7) is 2.10. The molecule has 2 bridgehead atoms. The Balaban J connectivity index is 1.60. The van der Waals surface area contributed by atoms with Crippen LogP contribution in [0.3, 0.4) is 0 Å². The number of benzene rings is 1. The molecule has 3 aliphatic rings. The normalized spacial score (nSPS) is 25.5. The van der Waals surface area contributed by atoms with Crippen LogP contribution in [0.25, 0.3) is 0 Å². The molecule has 3 aliphatic heterocycles. The van der Waals surface area contributed by atoms with Crippen LogP contribution in [0.2, 0.25) is 10.0 Å². The average Bonchev–Trinajstić information content (AvgIpc) is 3.51. The third-order valence-corrected chi connectivity index (χ3v) is 7.14. The topological polar surface area (TPSA) is 76.0 Å². The summed E-state index contributed by atoms with van der Waals surface area (Å²) in [7, 11) is 1.37. The minimum atomic E-state index is -0.636. The number of hydrogen-bond donors (Lipinski definition) is 1. The highest BCUT2D eigenvalue weighted by atomic mass is 35.5. The number of aromatic nitrogens is 1. The lowest BCUT2D eigenvalue weighted by Gasteiger charge is -2.32. The summed E-state index contributed by atoms with van der Waals surface area (Å²) in [5, 5.41) is 6.95. The lowest BCUT2D eigenvalue weighted by atomic mass is 9.95. The second kappa shape index (κ2) is 8.52. The van der Waals surface area contributed by atoms with Crippen molar-refractivity contribution in [2.24, 2.45) is 4.99 Å². The number of halogens is 2. The van der Waals surface area contributed by atoms with Gasteiger partial charge in [0.25, 0.3) is 0 Å². The van der Waals surface area contributed by atoms with Gasteiger partial charge in [-0.3, -0.25) is 9.89 Å². The van der Waals surface area contributed by atoms with Crippen LogP contribution >= 0.6 is 34.5 Å². The molecule has 1 aromatic heterocycles. The Hall–Kier alpha value is -1.97. The van der Waals surface area contributed by atoms with Crippen LogP contribution in [-0.4, -0.2) is 60.6 Å². The van der Waals surface area contributed by atoms with E-state index < -0.39 is 12.0 Å². The summed E-state index contributed by atoms with van der Waals surface area (Å²) in [5.74, 6) is 0.162. The molecule has 3 unspecified atom stereocenters. The Kier molecular flexibility index (Phi) is 5.75. The number of methoxy groups -OCH3 is 1. The van der Waals surface area contributed by atoms with E-state index in [0.29, 0.717) is 46.2 Å². The van der Waals surface area contributed by atoms with E-state index in [9.17, 15) is 4.79 Å². The molecule has 162 valence electrons. The highest BCUT2D eigenvalue weighted by Gasteiger charge is 2.41. The van der Waals surface area contributed by atoms with Crippen molar-refractivity contribution in [2.75, 3.05) is 26.8 Å². The van der Waals surface area contributed by atoms with E-state index in [0.717, 1.165) is 23.7 Å². The molecule has 2 saturated heterocycles. The highest BCUT2D eigenvalue weighted by Crippen LogP contribution is 2.38. The second-order valence-corrected chi connectivity index (χ2v) is 9.40. The van der Waals surface area contributed by atoms with Gasteiger partial charge in [0.15, 0.2) is 10.8 Å². The van der Waals surface area contributed by atoms with Crippen molar-refractivity contribution in [1.82, 2.24) is 15.2 Å². The van der Waals surface area contributed by atoms with Crippen LogP contribution < -0.4 is 5.32 Å². The minimum Gasteiger partial charge on any atom is -0.466 e. The molecule has 0 radical (unpaired) electrons. The Morgan fingerprint density at radius 3 is 2.94 bits per heavy atom. The number of amidine groups is 1. The molecule has 2 aromatic rings. The molecule has 1 aromatic carbocycles. The quantitative estimate of drug-likeness (QED) is 0.663. The van der Waals surface area contributed by atoms with Gasteiger partial charge in [-0.05, 0) is 18.6 Å². The first-order valence-electron chi connectivity index (χ1n) is 9.90. The molecular weight excluding hydrogens is 459 g/mol. The molecule has 5 rings (SSSR count). The van der Waals surface area contributed by atoms with Gasteiger partial charge in [0.1, 0.15) is 6.04 Å². The van der Waals surface area contributed by atoms with Crippen molar-refractivity contribution >= 4 is 46.3 Å². The van der Waals surface area contributed by atoms with Gasteiger partial charge in [0.2, 0.25) is 0 Å². The first-order chi connectivity index (χ1) is 15.0. The number of thiazole rings is 1. The fourth-order valence-corrected chi connectivity index (χ4v) is 5.44. The van der Waals surface area contributed by atoms with Crippen LogP contribution in [0.15, 0.2) is 46.0 Å². The van der Waals surface area contributed by atoms with Crippen LogP contribution in [0.4, 0.5) is 0 Å². The summed E-state index contributed by atoms with van der Waals surface area (Å²) in [6.07, 6.45) is 3.00. The van der Waals surface area contributed by atoms with E-state index in [2.05, 4.69) is 15.2 Å². The van der Waals surface area contributed by atoms with Crippen molar-refractivity contribution < 1.29 is 14.3 Å². The van der Waals surface area contributed by atoms with E-state index in [-0.39, 0.29) is 6.10 Å². The summed E-state index contributed by atoms with van der Waals surface area (Å²) in [6, 6.07) is 4.91. The van der Waals surface area contributed by atoms with Gasteiger partial charge in [-0.25, -0.2) is 9.78 Å². The molecule has 1 N–H and O–H groups in total. The van der Waals surface area contributed by atoms with Gasteiger partial charge in [-0.15, -0.1) is 11.3 Å². The number of nitrogens with one attached hydrogen (secondary N) is 1. The van der Waals surface area contributed by atoms with Gasteiger partial charge >= 0.3 is 5.97 Å². The molecule has 10 heteroatoms. The number of fused-ring (bicyclic) bond motifs is 2. The zero-order valence-electron chi connectivity index (χ0n) is 16.7. The lowest BCUT2D eigenvalue weighted by molar-refractivity contribution is -0.136. The van der Waals surface area contributed by atoms with E-state index in [4.69, 9.17) is 37.7 Å². The number of ether oxygens (including phenoxy) is 2. The summed E-state index contributed by atoms with van der Waals surface area (Å²) in [5.41, 5.74) is 1.87. The van der Waals surface area contributed by atoms with Gasteiger partial charge in [0.05, 0.1) is 25.4 Å². The minimum absolute atomic E-state index is 0.254. The van der Waals surface area contributed by atoms with E-state index in [1.807, 2.05) is 5.38 Å². The number of morpholine rings is 1. The van der Waals surface area contributed by atoms with Crippen LogP contribution in [-0.2, 0) is 14.3 Å². The third kappa shape index (κ3) is 3.99. The van der Waals surface area contributed by atoms with Gasteiger partial charge < -0.3 is 14.8 Å². The molecule has 0 spiro atoms. The summed E-state index contributed by atoms with van der Waals surface area (Å²) in [4.78, 5) is 24.5. The molecule has 0 amide bonds. The Bertz CT molecular complexity index is 1070. The molecular formula is C21H20Cl2N4O3S. The molecule has 0 aliphatic carbocycles. The molecule has 4 heterocycles. The van der Waals surface area contributed by atoms with E-state index in [1.165, 1.54) is 18.4 Å². The second-order valence-electron chi connectivity index (χ2n) is 7.67. The number of likely N-dealkylation sites (tertiary alicyclic amines) is 1. The molecule has 3 atom stereocenters. The summed E-state index contributed by atoms with van der Waals surface area (Å²) < 4.78 is 10.9. The summed E-state index contributed by atoms with van der Waals surface area (Å²) >= 11 is 14.1. The van der Waals surface area contributed by atoms with Crippen molar-refractivity contribution in [1.29, 1.82) is 0 Å². The molecule has 2 fully saturated rings. The molecule has 31 heavy (non-hydrogen) atoms. The maximum Gasteiger partial charge on any atom is 0.338 e. The van der Waals surface area contributed by atoms with Crippen LogP contribution in [0.1, 0.15) is 23.0 Å². The number of carbonyl (C=O) groups is 1. The van der Waals surface area contributed by atoms with Crippen molar-refractivity contribution in [3.8, 4) is 0 Å². The standard InChI is InChI=1S/C21H20Cl2N4O3S/c1-29-21(28)17-16(9-27-8-13-7-12(27)10-30-13)25-19(20-24-4-5-31-20)26-18(17)14-3-2-11(22)6-15(14)23/h2-6,12-13,18H,7-10H2,1H3,(H,25,26). The van der Waals surface area contributed by atoms with Gasteiger partial charge in [0, 0.05) is 52.0 Å². The third-order valence-electron chi connectivity index (χ3n) is 5.80. The van der Waals surface area contributed by atoms with Gasteiger partial charge in [-0.1, -0.05) is 29.3 Å². The molecule has 7 nitrogen and oxygen atoms in total. The van der Waals surface area contributed by atoms with Crippen molar-refractivity contribution in [2.45, 2.75) is 24.6 Å². The number of esters is 1. The van der Waals surface area contributed by atoms with Crippen LogP contribution in [0, 0.1) is 0 Å². The Morgan fingerprint density at radius 2 is 2.29 bits per heavy atom.